The second-order valence-corrected chi connectivity index (χ2v) is 6.63. The van der Waals surface area contributed by atoms with E-state index in [1.165, 1.54) is 19.3 Å². The molecule has 2 fully saturated rings. The minimum absolute atomic E-state index is 0.132. The van der Waals surface area contributed by atoms with Crippen LogP contribution in [0, 0.1) is 0 Å². The third-order valence-electron chi connectivity index (χ3n) is 4.83. The van der Waals surface area contributed by atoms with Crippen molar-refractivity contribution in [3.05, 3.63) is 0 Å². The van der Waals surface area contributed by atoms with Crippen molar-refractivity contribution in [3.63, 3.8) is 0 Å². The van der Waals surface area contributed by atoms with Crippen LogP contribution in [0.25, 0.3) is 0 Å². The van der Waals surface area contributed by atoms with Crippen molar-refractivity contribution in [1.29, 1.82) is 0 Å². The monoisotopic (exact) mass is 297 g/mol. The zero-order valence-electron chi connectivity index (χ0n) is 13.8. The Labute approximate surface area is 129 Å². The van der Waals surface area contributed by atoms with Crippen LogP contribution < -0.4 is 5.32 Å². The van der Waals surface area contributed by atoms with Crippen LogP contribution in [0.4, 0.5) is 0 Å². The number of morpholine rings is 1. The number of carbonyl (C=O) groups excluding carboxylic acids is 1. The molecule has 0 aromatic rings. The van der Waals surface area contributed by atoms with Gasteiger partial charge in [0.1, 0.15) is 0 Å². The van der Waals surface area contributed by atoms with Crippen molar-refractivity contribution in [3.8, 4) is 0 Å². The van der Waals surface area contributed by atoms with Gasteiger partial charge in [0, 0.05) is 32.7 Å². The Morgan fingerprint density at radius 1 is 1.38 bits per heavy atom. The fraction of sp³-hybridized carbons (Fsp3) is 0.938. The topological polar surface area (TPSA) is 44.8 Å². The third kappa shape index (κ3) is 4.94. The summed E-state index contributed by atoms with van der Waals surface area (Å²) >= 11 is 0. The SMILES string of the molecule is C[C@@H](NC[C@H]1CN(C)CCO1)C(=O)N(C)C1CCCCC1. The molecule has 1 aliphatic carbocycles. The molecule has 0 aromatic heterocycles. The van der Waals surface area contributed by atoms with Crippen LogP contribution in [0.5, 0.6) is 0 Å². The van der Waals surface area contributed by atoms with Gasteiger partial charge in [0.15, 0.2) is 0 Å². The number of carbonyl (C=O) groups is 1. The molecule has 5 heteroatoms. The summed E-state index contributed by atoms with van der Waals surface area (Å²) in [7, 11) is 4.07. The van der Waals surface area contributed by atoms with Gasteiger partial charge >= 0.3 is 0 Å². The van der Waals surface area contributed by atoms with Crippen molar-refractivity contribution >= 4 is 5.91 Å². The van der Waals surface area contributed by atoms with Crippen LogP contribution >= 0.6 is 0 Å². The van der Waals surface area contributed by atoms with Gasteiger partial charge in [0.05, 0.1) is 18.8 Å². The highest BCUT2D eigenvalue weighted by Crippen LogP contribution is 2.22. The van der Waals surface area contributed by atoms with Gasteiger partial charge in [-0.25, -0.2) is 0 Å². The summed E-state index contributed by atoms with van der Waals surface area (Å²) in [6.45, 7) is 5.43. The van der Waals surface area contributed by atoms with Crippen LogP contribution in [-0.2, 0) is 9.53 Å². The van der Waals surface area contributed by atoms with E-state index < -0.39 is 0 Å². The Morgan fingerprint density at radius 3 is 2.76 bits per heavy atom. The maximum atomic E-state index is 12.5. The molecule has 0 unspecified atom stereocenters. The molecular formula is C16H31N3O2. The Kier molecular flexibility index (Phi) is 6.45. The Balaban J connectivity index is 1.73. The van der Waals surface area contributed by atoms with Crippen LogP contribution in [0.3, 0.4) is 0 Å². The predicted molar refractivity (Wildman–Crippen MR) is 84.3 cm³/mol. The molecule has 1 heterocycles. The lowest BCUT2D eigenvalue weighted by Gasteiger charge is -2.34. The highest BCUT2D eigenvalue weighted by Gasteiger charge is 2.26. The molecule has 1 N–H and O–H groups in total. The quantitative estimate of drug-likeness (QED) is 0.825. The molecule has 1 saturated heterocycles. The van der Waals surface area contributed by atoms with Gasteiger partial charge in [-0.05, 0) is 26.8 Å². The first-order valence-electron chi connectivity index (χ1n) is 8.38. The first-order chi connectivity index (χ1) is 10.1. The van der Waals surface area contributed by atoms with E-state index in [0.717, 1.165) is 39.1 Å². The number of ether oxygens (including phenoxy) is 1. The lowest BCUT2D eigenvalue weighted by molar-refractivity contribution is -0.134. The van der Waals surface area contributed by atoms with Crippen LogP contribution in [-0.4, -0.2) is 74.2 Å². The summed E-state index contributed by atoms with van der Waals surface area (Å²) < 4.78 is 5.73. The number of nitrogens with zero attached hydrogens (tertiary/aromatic N) is 2. The molecule has 0 bridgehead atoms. The highest BCUT2D eigenvalue weighted by atomic mass is 16.5. The zero-order chi connectivity index (χ0) is 15.2. The molecular weight excluding hydrogens is 266 g/mol. The zero-order valence-corrected chi connectivity index (χ0v) is 13.8. The summed E-state index contributed by atoms with van der Waals surface area (Å²) in [5.41, 5.74) is 0. The Morgan fingerprint density at radius 2 is 2.10 bits per heavy atom. The van der Waals surface area contributed by atoms with Crippen molar-refractivity contribution in [1.82, 2.24) is 15.1 Å². The van der Waals surface area contributed by atoms with Gasteiger partial charge in [0.2, 0.25) is 5.91 Å². The first-order valence-corrected chi connectivity index (χ1v) is 8.38. The average molecular weight is 297 g/mol. The normalized spacial score (nSPS) is 26.5. The van der Waals surface area contributed by atoms with Gasteiger partial charge in [-0.3, -0.25) is 4.79 Å². The minimum atomic E-state index is -0.132. The number of likely N-dealkylation sites (N-methyl/N-ethyl adjacent to an activating group) is 2. The second-order valence-electron chi connectivity index (χ2n) is 6.63. The van der Waals surface area contributed by atoms with E-state index in [1.807, 2.05) is 18.9 Å². The minimum Gasteiger partial charge on any atom is -0.374 e. The molecule has 1 aliphatic heterocycles. The number of amides is 1. The van der Waals surface area contributed by atoms with Crippen molar-refractivity contribution in [2.45, 2.75) is 57.2 Å². The van der Waals surface area contributed by atoms with E-state index in [2.05, 4.69) is 17.3 Å². The molecule has 1 saturated carbocycles. The van der Waals surface area contributed by atoms with Crippen molar-refractivity contribution in [2.24, 2.45) is 0 Å². The lowest BCUT2D eigenvalue weighted by Crippen LogP contribution is -2.51. The largest absolute Gasteiger partial charge is 0.374 e. The van der Waals surface area contributed by atoms with E-state index in [4.69, 9.17) is 4.74 Å². The molecule has 0 radical (unpaired) electrons. The summed E-state index contributed by atoms with van der Waals surface area (Å²) in [5.74, 6) is 0.214. The van der Waals surface area contributed by atoms with Gasteiger partial charge in [-0.15, -0.1) is 0 Å². The Hall–Kier alpha value is -0.650. The van der Waals surface area contributed by atoms with Crippen molar-refractivity contribution in [2.75, 3.05) is 40.3 Å². The maximum Gasteiger partial charge on any atom is 0.239 e. The summed E-state index contributed by atoms with van der Waals surface area (Å²) in [6, 6.07) is 0.306. The molecule has 2 rings (SSSR count). The maximum absolute atomic E-state index is 12.5. The number of nitrogens with one attached hydrogen (secondary N) is 1. The smallest absolute Gasteiger partial charge is 0.239 e. The fourth-order valence-electron chi connectivity index (χ4n) is 3.34. The van der Waals surface area contributed by atoms with Crippen LogP contribution in [0.1, 0.15) is 39.0 Å². The molecule has 122 valence electrons. The van der Waals surface area contributed by atoms with Gasteiger partial charge < -0.3 is 19.9 Å². The molecule has 0 spiro atoms. The van der Waals surface area contributed by atoms with Gasteiger partial charge in [-0.2, -0.15) is 0 Å². The Bertz CT molecular complexity index is 331. The van der Waals surface area contributed by atoms with E-state index >= 15 is 0 Å². The van der Waals surface area contributed by atoms with Crippen molar-refractivity contribution < 1.29 is 9.53 Å². The summed E-state index contributed by atoms with van der Waals surface area (Å²) in [4.78, 5) is 16.7. The first kappa shape index (κ1) is 16.7. The van der Waals surface area contributed by atoms with E-state index in [-0.39, 0.29) is 18.1 Å². The average Bonchev–Trinajstić information content (AvgIpc) is 2.52. The van der Waals surface area contributed by atoms with Crippen LogP contribution in [0.2, 0.25) is 0 Å². The van der Waals surface area contributed by atoms with E-state index in [1.54, 1.807) is 0 Å². The third-order valence-corrected chi connectivity index (χ3v) is 4.83. The molecule has 5 nitrogen and oxygen atoms in total. The molecule has 2 atom stereocenters. The second kappa shape index (κ2) is 8.11. The highest BCUT2D eigenvalue weighted by molar-refractivity contribution is 5.81. The summed E-state index contributed by atoms with van der Waals surface area (Å²) in [6.07, 6.45) is 6.34. The molecule has 0 aromatic carbocycles. The van der Waals surface area contributed by atoms with E-state index in [0.29, 0.717) is 6.04 Å². The van der Waals surface area contributed by atoms with Crippen LogP contribution in [0.15, 0.2) is 0 Å². The lowest BCUT2D eigenvalue weighted by atomic mass is 9.94. The molecule has 2 aliphatic rings. The van der Waals surface area contributed by atoms with E-state index in [9.17, 15) is 4.79 Å². The fourth-order valence-corrected chi connectivity index (χ4v) is 3.34. The number of rotatable bonds is 5. The van der Waals surface area contributed by atoms with Gasteiger partial charge in [0.25, 0.3) is 0 Å². The predicted octanol–water partition coefficient (Wildman–Crippen LogP) is 1.09. The molecule has 1 amide bonds. The molecule has 21 heavy (non-hydrogen) atoms. The van der Waals surface area contributed by atoms with Gasteiger partial charge in [-0.1, -0.05) is 19.3 Å². The number of hydrogen-bond donors (Lipinski definition) is 1. The standard InChI is InChI=1S/C16H31N3O2/c1-13(17-11-15-12-18(2)9-10-21-15)16(20)19(3)14-7-5-4-6-8-14/h13-15,17H,4-12H2,1-3H3/t13-,15+/m1/s1. The number of hydrogen-bond acceptors (Lipinski definition) is 4. The summed E-state index contributed by atoms with van der Waals surface area (Å²) in [5, 5.41) is 3.35.